The second kappa shape index (κ2) is 9.05. The average Bonchev–Trinajstić information content (AvgIpc) is 2.58. The molecule has 0 saturated carbocycles. The van der Waals surface area contributed by atoms with Crippen LogP contribution in [0.3, 0.4) is 0 Å². The predicted molar refractivity (Wildman–Crippen MR) is 99.2 cm³/mol. The Balaban J connectivity index is 2.31. The Morgan fingerprint density at radius 3 is 2.50 bits per heavy atom. The minimum Gasteiger partial charge on any atom is -0.207 e. The Bertz CT molecular complexity index is 683. The zero-order valence-electron chi connectivity index (χ0n) is 14.4. The van der Waals surface area contributed by atoms with E-state index in [0.717, 1.165) is 31.2 Å². The number of rotatable bonds is 4. The van der Waals surface area contributed by atoms with Gasteiger partial charge in [-0.2, -0.15) is 4.31 Å². The van der Waals surface area contributed by atoms with Crippen LogP contribution in [-0.2, 0) is 10.0 Å². The van der Waals surface area contributed by atoms with Crippen molar-refractivity contribution in [1.82, 2.24) is 4.31 Å². The third-order valence-electron chi connectivity index (χ3n) is 4.47. The summed E-state index contributed by atoms with van der Waals surface area (Å²) in [5.41, 5.74) is 1.04. The van der Waals surface area contributed by atoms with Crippen LogP contribution in [0, 0.1) is 19.3 Å². The Labute approximate surface area is 146 Å². The largest absolute Gasteiger partial charge is 0.244 e. The number of allylic oxidation sites excluding steroid dienone is 1. The Kier molecular flexibility index (Phi) is 7.08. The molecule has 1 atom stereocenters. The second-order valence-electron chi connectivity index (χ2n) is 6.41. The molecular weight excluding hydrogens is 318 g/mol. The molecule has 0 bridgehead atoms. The predicted octanol–water partition coefficient (Wildman–Crippen LogP) is 4.29. The minimum atomic E-state index is -3.59. The normalized spacial score (nSPS) is 21.1. The first-order valence-electron chi connectivity index (χ1n) is 8.74. The summed E-state index contributed by atoms with van der Waals surface area (Å²) in [7, 11) is -3.59. The van der Waals surface area contributed by atoms with Crippen LogP contribution in [0.15, 0.2) is 41.3 Å². The van der Waals surface area contributed by atoms with Gasteiger partial charge in [0.1, 0.15) is 0 Å². The van der Waals surface area contributed by atoms with Crippen molar-refractivity contribution in [2.24, 2.45) is 0 Å². The summed E-state index contributed by atoms with van der Waals surface area (Å²) in [6.07, 6.45) is 17.3. The summed E-state index contributed by atoms with van der Waals surface area (Å²) < 4.78 is 27.6. The second-order valence-corrected chi connectivity index (χ2v) is 8.30. The lowest BCUT2D eigenvalue weighted by Gasteiger charge is -2.28. The lowest BCUT2D eigenvalue weighted by molar-refractivity contribution is 0.365. The molecule has 0 heterocycles. The molecule has 0 spiro atoms. The molecule has 1 aromatic rings. The van der Waals surface area contributed by atoms with Gasteiger partial charge in [-0.25, -0.2) is 8.42 Å². The van der Waals surface area contributed by atoms with E-state index in [1.54, 1.807) is 12.1 Å². The van der Waals surface area contributed by atoms with Gasteiger partial charge in [-0.3, -0.25) is 0 Å². The summed E-state index contributed by atoms with van der Waals surface area (Å²) in [5.74, 6) is 2.53. The van der Waals surface area contributed by atoms with Crippen molar-refractivity contribution in [2.75, 3.05) is 6.54 Å². The average molecular weight is 346 g/mol. The highest BCUT2D eigenvalue weighted by Gasteiger charge is 2.29. The lowest BCUT2D eigenvalue weighted by Crippen LogP contribution is -2.39. The summed E-state index contributed by atoms with van der Waals surface area (Å²) in [6, 6.07) is 6.81. The maximum absolute atomic E-state index is 13.1. The van der Waals surface area contributed by atoms with E-state index in [-0.39, 0.29) is 12.6 Å². The Morgan fingerprint density at radius 1 is 1.12 bits per heavy atom. The van der Waals surface area contributed by atoms with Gasteiger partial charge in [-0.05, 0) is 38.3 Å². The molecule has 0 aromatic heterocycles. The van der Waals surface area contributed by atoms with E-state index < -0.39 is 10.0 Å². The molecule has 24 heavy (non-hydrogen) atoms. The number of nitrogens with zero attached hydrogens (tertiary/aromatic N) is 1. The highest BCUT2D eigenvalue weighted by atomic mass is 32.2. The molecule has 1 aliphatic carbocycles. The summed E-state index contributed by atoms with van der Waals surface area (Å²) in [4.78, 5) is 0.314. The van der Waals surface area contributed by atoms with Crippen molar-refractivity contribution in [2.45, 2.75) is 62.8 Å². The van der Waals surface area contributed by atoms with E-state index in [9.17, 15) is 8.42 Å². The van der Waals surface area contributed by atoms with E-state index in [1.165, 1.54) is 23.6 Å². The highest BCUT2D eigenvalue weighted by Crippen LogP contribution is 2.23. The molecule has 2 rings (SSSR count). The monoisotopic (exact) mass is 345 g/mol. The first-order valence-corrected chi connectivity index (χ1v) is 10.2. The van der Waals surface area contributed by atoms with Crippen molar-refractivity contribution in [3.8, 4) is 12.3 Å². The molecule has 0 saturated heterocycles. The first-order chi connectivity index (χ1) is 11.6. The quantitative estimate of drug-likeness (QED) is 0.603. The molecular formula is C20H27NO2S. The molecule has 0 amide bonds. The number of hydrogen-bond acceptors (Lipinski definition) is 2. The van der Waals surface area contributed by atoms with Crippen LogP contribution in [-0.4, -0.2) is 25.3 Å². The van der Waals surface area contributed by atoms with Crippen LogP contribution in [0.4, 0.5) is 0 Å². The molecule has 0 radical (unpaired) electrons. The van der Waals surface area contributed by atoms with Gasteiger partial charge >= 0.3 is 0 Å². The topological polar surface area (TPSA) is 37.4 Å². The molecule has 0 N–H and O–H groups in total. The zero-order chi connectivity index (χ0) is 17.4. The zero-order valence-corrected chi connectivity index (χ0v) is 15.3. The molecule has 0 aliphatic heterocycles. The van der Waals surface area contributed by atoms with Crippen LogP contribution in [0.25, 0.3) is 0 Å². The SMILES string of the molecule is C#CCN(C1/C=C\CCCCCCC1)S(=O)(=O)c1ccc(C)cc1. The third kappa shape index (κ3) is 4.96. The summed E-state index contributed by atoms with van der Waals surface area (Å²) in [5, 5.41) is 0. The van der Waals surface area contributed by atoms with E-state index >= 15 is 0 Å². The fourth-order valence-corrected chi connectivity index (χ4v) is 4.58. The van der Waals surface area contributed by atoms with Crippen LogP contribution in [0.2, 0.25) is 0 Å². The van der Waals surface area contributed by atoms with Crippen LogP contribution >= 0.6 is 0 Å². The number of aryl methyl sites for hydroxylation is 1. The standard InChI is InChI=1S/C20H27NO2S/c1-3-17-21(19-11-9-7-5-4-6-8-10-12-19)24(22,23)20-15-13-18(2)14-16-20/h1,9,11,13-16,19H,4-8,10,12,17H2,2H3/b11-9-. The number of hydrogen-bond donors (Lipinski definition) is 0. The highest BCUT2D eigenvalue weighted by molar-refractivity contribution is 7.89. The van der Waals surface area contributed by atoms with E-state index in [1.807, 2.05) is 25.1 Å². The van der Waals surface area contributed by atoms with Gasteiger partial charge in [0.25, 0.3) is 0 Å². The van der Waals surface area contributed by atoms with Gasteiger partial charge in [-0.15, -0.1) is 6.42 Å². The van der Waals surface area contributed by atoms with Crippen molar-refractivity contribution in [3.05, 3.63) is 42.0 Å². The summed E-state index contributed by atoms with van der Waals surface area (Å²) >= 11 is 0. The van der Waals surface area contributed by atoms with Crippen molar-refractivity contribution in [3.63, 3.8) is 0 Å². The Morgan fingerprint density at radius 2 is 1.79 bits per heavy atom. The van der Waals surface area contributed by atoms with Gasteiger partial charge in [-0.1, -0.05) is 61.5 Å². The lowest BCUT2D eigenvalue weighted by atomic mass is 10.0. The van der Waals surface area contributed by atoms with Crippen molar-refractivity contribution >= 4 is 10.0 Å². The van der Waals surface area contributed by atoms with E-state index in [4.69, 9.17) is 6.42 Å². The van der Waals surface area contributed by atoms with Gasteiger partial charge in [0, 0.05) is 6.04 Å². The van der Waals surface area contributed by atoms with Gasteiger partial charge < -0.3 is 0 Å². The van der Waals surface area contributed by atoms with Gasteiger partial charge in [0.05, 0.1) is 11.4 Å². The maximum atomic E-state index is 13.1. The smallest absolute Gasteiger partial charge is 0.207 e. The fraction of sp³-hybridized carbons (Fsp3) is 0.500. The number of terminal acetylenes is 1. The number of benzene rings is 1. The summed E-state index contributed by atoms with van der Waals surface area (Å²) in [6.45, 7) is 2.05. The molecule has 130 valence electrons. The third-order valence-corrected chi connectivity index (χ3v) is 6.36. The minimum absolute atomic E-state index is 0.102. The van der Waals surface area contributed by atoms with E-state index in [2.05, 4.69) is 12.0 Å². The Hall–Kier alpha value is -1.57. The molecule has 0 fully saturated rings. The maximum Gasteiger partial charge on any atom is 0.244 e. The van der Waals surface area contributed by atoms with Crippen LogP contribution in [0.1, 0.15) is 50.5 Å². The van der Waals surface area contributed by atoms with Crippen molar-refractivity contribution < 1.29 is 8.42 Å². The van der Waals surface area contributed by atoms with Gasteiger partial charge in [0.2, 0.25) is 10.0 Å². The first kappa shape index (κ1) is 18.8. The fourth-order valence-electron chi connectivity index (χ4n) is 3.05. The molecule has 1 unspecified atom stereocenters. The van der Waals surface area contributed by atoms with Crippen molar-refractivity contribution in [1.29, 1.82) is 0 Å². The molecule has 4 heteroatoms. The van der Waals surface area contributed by atoms with Gasteiger partial charge in [0.15, 0.2) is 0 Å². The van der Waals surface area contributed by atoms with Crippen LogP contribution < -0.4 is 0 Å². The van der Waals surface area contributed by atoms with E-state index in [0.29, 0.717) is 4.90 Å². The van der Waals surface area contributed by atoms with Crippen LogP contribution in [0.5, 0.6) is 0 Å². The molecule has 1 aliphatic rings. The molecule has 1 aromatic carbocycles. The molecule has 3 nitrogen and oxygen atoms in total. The number of sulfonamides is 1.